The second-order valence-electron chi connectivity index (χ2n) is 6.55. The monoisotopic (exact) mass is 400 g/mol. The summed E-state index contributed by atoms with van der Waals surface area (Å²) in [4.78, 5) is 24.9. The Morgan fingerprint density at radius 2 is 1.75 bits per heavy atom. The van der Waals surface area contributed by atoms with Gasteiger partial charge in [-0.1, -0.05) is 54.1 Å². The Balaban J connectivity index is 1.81. The highest BCUT2D eigenvalue weighted by Gasteiger charge is 2.53. The number of hydrogen-bond donors (Lipinski definition) is 0. The van der Waals surface area contributed by atoms with Crippen LogP contribution in [-0.4, -0.2) is 26.2 Å². The Morgan fingerprint density at radius 3 is 2.39 bits per heavy atom. The first-order valence-electron chi connectivity index (χ1n) is 8.85. The highest BCUT2D eigenvalue weighted by molar-refractivity contribution is 6.31. The Bertz CT molecular complexity index is 915. The van der Waals surface area contributed by atoms with E-state index in [4.69, 9.17) is 25.8 Å². The third kappa shape index (κ3) is 3.90. The number of methoxy groups -OCH3 is 2. The van der Waals surface area contributed by atoms with E-state index in [-0.39, 0.29) is 18.1 Å². The van der Waals surface area contributed by atoms with Crippen molar-refractivity contribution in [1.82, 2.24) is 0 Å². The summed E-state index contributed by atoms with van der Waals surface area (Å²) < 4.78 is 15.5. The van der Waals surface area contributed by atoms with Crippen LogP contribution >= 0.6 is 11.6 Å². The molecule has 2 aromatic carbocycles. The molecule has 6 heteroatoms. The standard InChI is InChI=1S/C22H21ClO5/c1-26-14-17(20(24)27-2)16-8-4-3-7-15(16)13-28-21(25)22(11-12-22)18-9-5-6-10-19(18)23/h3-10,14H,11-13H2,1-2H3. The van der Waals surface area contributed by atoms with Gasteiger partial charge in [0.15, 0.2) is 0 Å². The van der Waals surface area contributed by atoms with Crippen LogP contribution in [0.4, 0.5) is 0 Å². The van der Waals surface area contributed by atoms with Crippen LogP contribution in [0.25, 0.3) is 5.57 Å². The van der Waals surface area contributed by atoms with E-state index in [1.165, 1.54) is 20.5 Å². The van der Waals surface area contributed by atoms with E-state index in [1.54, 1.807) is 24.3 Å². The molecule has 0 aliphatic heterocycles. The van der Waals surface area contributed by atoms with Gasteiger partial charge in [-0.3, -0.25) is 4.79 Å². The third-order valence-electron chi connectivity index (χ3n) is 4.84. The number of benzene rings is 2. The molecule has 5 nitrogen and oxygen atoms in total. The topological polar surface area (TPSA) is 61.8 Å². The first kappa shape index (κ1) is 20.0. The zero-order valence-corrected chi connectivity index (χ0v) is 16.5. The maximum atomic E-state index is 12.8. The van der Waals surface area contributed by atoms with Gasteiger partial charge in [-0.25, -0.2) is 4.79 Å². The minimum Gasteiger partial charge on any atom is -0.503 e. The fourth-order valence-electron chi connectivity index (χ4n) is 3.20. The lowest BCUT2D eigenvalue weighted by Gasteiger charge is -2.17. The van der Waals surface area contributed by atoms with Crippen LogP contribution in [-0.2, 0) is 35.8 Å². The van der Waals surface area contributed by atoms with Gasteiger partial charge in [0.1, 0.15) is 12.2 Å². The van der Waals surface area contributed by atoms with Crippen molar-refractivity contribution in [3.8, 4) is 0 Å². The zero-order valence-electron chi connectivity index (χ0n) is 15.7. The van der Waals surface area contributed by atoms with Gasteiger partial charge < -0.3 is 14.2 Å². The molecule has 1 saturated carbocycles. The lowest BCUT2D eigenvalue weighted by molar-refractivity contribution is -0.148. The molecule has 0 bridgehead atoms. The highest BCUT2D eigenvalue weighted by Crippen LogP contribution is 2.51. The molecule has 0 amide bonds. The predicted octanol–water partition coefficient (Wildman–Crippen LogP) is 4.28. The van der Waals surface area contributed by atoms with Gasteiger partial charge >= 0.3 is 11.9 Å². The summed E-state index contributed by atoms with van der Waals surface area (Å²) in [6.07, 6.45) is 2.72. The van der Waals surface area contributed by atoms with Crippen LogP contribution in [0, 0.1) is 0 Å². The smallest absolute Gasteiger partial charge is 0.341 e. The maximum absolute atomic E-state index is 12.8. The molecule has 0 N–H and O–H groups in total. The van der Waals surface area contributed by atoms with Crippen molar-refractivity contribution in [3.63, 3.8) is 0 Å². The molecule has 0 heterocycles. The number of carbonyl (C=O) groups is 2. The average molecular weight is 401 g/mol. The van der Waals surface area contributed by atoms with Crippen molar-refractivity contribution in [3.05, 3.63) is 76.5 Å². The number of ether oxygens (including phenoxy) is 3. The fourth-order valence-corrected chi connectivity index (χ4v) is 3.51. The molecule has 0 spiro atoms. The largest absolute Gasteiger partial charge is 0.503 e. The molecule has 0 aromatic heterocycles. The van der Waals surface area contributed by atoms with Gasteiger partial charge in [-0.15, -0.1) is 0 Å². The molecular formula is C22H21ClO5. The summed E-state index contributed by atoms with van der Waals surface area (Å²) in [5, 5.41) is 0.563. The van der Waals surface area contributed by atoms with Crippen molar-refractivity contribution in [2.45, 2.75) is 24.9 Å². The summed E-state index contributed by atoms with van der Waals surface area (Å²) in [5.74, 6) is -0.846. The Hall–Kier alpha value is -2.79. The zero-order chi connectivity index (χ0) is 20.1. The molecule has 1 fully saturated rings. The molecule has 146 valence electrons. The quantitative estimate of drug-likeness (QED) is 0.394. The molecular weight excluding hydrogens is 380 g/mol. The predicted molar refractivity (Wildman–Crippen MR) is 106 cm³/mol. The van der Waals surface area contributed by atoms with E-state index in [0.717, 1.165) is 5.56 Å². The van der Waals surface area contributed by atoms with E-state index in [9.17, 15) is 9.59 Å². The van der Waals surface area contributed by atoms with Gasteiger partial charge in [0.2, 0.25) is 0 Å². The van der Waals surface area contributed by atoms with E-state index in [2.05, 4.69) is 0 Å². The second-order valence-corrected chi connectivity index (χ2v) is 6.96. The molecule has 1 aliphatic rings. The SMILES string of the molecule is COC=C(C(=O)OC)c1ccccc1COC(=O)C1(c2ccccc2Cl)CC1. The van der Waals surface area contributed by atoms with Crippen molar-refractivity contribution in [2.75, 3.05) is 14.2 Å². The Morgan fingerprint density at radius 1 is 1.07 bits per heavy atom. The molecule has 28 heavy (non-hydrogen) atoms. The number of rotatable bonds is 7. The first-order valence-corrected chi connectivity index (χ1v) is 9.23. The van der Waals surface area contributed by atoms with E-state index in [1.807, 2.05) is 24.3 Å². The van der Waals surface area contributed by atoms with E-state index >= 15 is 0 Å². The Kier molecular flexibility index (Phi) is 6.05. The minimum atomic E-state index is -0.680. The lowest BCUT2D eigenvalue weighted by Crippen LogP contribution is -2.23. The molecule has 0 saturated heterocycles. The van der Waals surface area contributed by atoms with Crippen LogP contribution in [0.15, 0.2) is 54.8 Å². The van der Waals surface area contributed by atoms with Gasteiger partial charge in [-0.05, 0) is 35.6 Å². The fraction of sp³-hybridized carbons (Fsp3) is 0.273. The number of halogens is 1. The molecule has 1 aliphatic carbocycles. The van der Waals surface area contributed by atoms with Gasteiger partial charge in [0.05, 0.1) is 25.9 Å². The molecule has 0 atom stereocenters. The van der Waals surface area contributed by atoms with Crippen LogP contribution < -0.4 is 0 Å². The summed E-state index contributed by atoms with van der Waals surface area (Å²) >= 11 is 6.28. The summed E-state index contributed by atoms with van der Waals surface area (Å²) in [6.45, 7) is 0.0270. The normalized spacial score (nSPS) is 14.9. The van der Waals surface area contributed by atoms with Crippen LogP contribution in [0.1, 0.15) is 29.5 Å². The Labute approximate surface area is 168 Å². The number of esters is 2. The van der Waals surface area contributed by atoms with E-state index in [0.29, 0.717) is 29.0 Å². The third-order valence-corrected chi connectivity index (χ3v) is 5.17. The molecule has 0 unspecified atom stereocenters. The molecule has 3 rings (SSSR count). The van der Waals surface area contributed by atoms with Gasteiger partial charge in [0.25, 0.3) is 0 Å². The van der Waals surface area contributed by atoms with E-state index < -0.39 is 11.4 Å². The van der Waals surface area contributed by atoms with Crippen LogP contribution in [0.5, 0.6) is 0 Å². The summed E-state index contributed by atoms with van der Waals surface area (Å²) in [7, 11) is 2.75. The first-order chi connectivity index (χ1) is 13.5. The maximum Gasteiger partial charge on any atom is 0.341 e. The van der Waals surface area contributed by atoms with Gasteiger partial charge in [0, 0.05) is 5.02 Å². The average Bonchev–Trinajstić information content (AvgIpc) is 3.52. The lowest BCUT2D eigenvalue weighted by atomic mass is 9.96. The van der Waals surface area contributed by atoms with Crippen LogP contribution in [0.2, 0.25) is 5.02 Å². The van der Waals surface area contributed by atoms with Crippen molar-refractivity contribution in [1.29, 1.82) is 0 Å². The van der Waals surface area contributed by atoms with Crippen molar-refractivity contribution >= 4 is 29.1 Å². The summed E-state index contributed by atoms with van der Waals surface area (Å²) in [5.41, 5.74) is 1.64. The molecule has 0 radical (unpaired) electrons. The molecule has 2 aromatic rings. The van der Waals surface area contributed by atoms with Gasteiger partial charge in [-0.2, -0.15) is 0 Å². The summed E-state index contributed by atoms with van der Waals surface area (Å²) in [6, 6.07) is 14.5. The number of hydrogen-bond acceptors (Lipinski definition) is 5. The van der Waals surface area contributed by atoms with Crippen molar-refractivity contribution < 1.29 is 23.8 Å². The van der Waals surface area contributed by atoms with Crippen molar-refractivity contribution in [2.24, 2.45) is 0 Å². The minimum absolute atomic E-state index is 0.0270. The van der Waals surface area contributed by atoms with Crippen LogP contribution in [0.3, 0.4) is 0 Å². The second kappa shape index (κ2) is 8.48. The highest BCUT2D eigenvalue weighted by atomic mass is 35.5. The number of carbonyl (C=O) groups excluding carboxylic acids is 2.